The summed E-state index contributed by atoms with van der Waals surface area (Å²) in [6, 6.07) is 7.98. The van der Waals surface area contributed by atoms with Gasteiger partial charge in [0, 0.05) is 31.9 Å². The third-order valence-electron chi connectivity index (χ3n) is 5.14. The Bertz CT molecular complexity index is 788. The molecule has 2 heterocycles. The van der Waals surface area contributed by atoms with E-state index in [2.05, 4.69) is 46.2 Å². The van der Waals surface area contributed by atoms with Crippen LogP contribution in [0.2, 0.25) is 0 Å². The van der Waals surface area contributed by atoms with Crippen LogP contribution < -0.4 is 10.2 Å². The molecular formula is C20H28N6O2. The van der Waals surface area contributed by atoms with Gasteiger partial charge in [0.25, 0.3) is 0 Å². The van der Waals surface area contributed by atoms with Crippen LogP contribution >= 0.6 is 0 Å². The second-order valence-corrected chi connectivity index (χ2v) is 7.00. The van der Waals surface area contributed by atoms with Crippen LogP contribution in [0, 0.1) is 10.1 Å². The Balaban J connectivity index is 1.80. The summed E-state index contributed by atoms with van der Waals surface area (Å²) in [5.74, 6) is 0.618. The molecule has 0 radical (unpaired) electrons. The number of benzene rings is 1. The summed E-state index contributed by atoms with van der Waals surface area (Å²) in [5.41, 5.74) is 1.98. The second kappa shape index (κ2) is 9.45. The zero-order valence-electron chi connectivity index (χ0n) is 16.6. The lowest BCUT2D eigenvalue weighted by Crippen LogP contribution is -2.46. The number of hydrogen-bond donors (Lipinski definition) is 1. The van der Waals surface area contributed by atoms with E-state index in [9.17, 15) is 10.1 Å². The first-order chi connectivity index (χ1) is 13.6. The predicted octanol–water partition coefficient (Wildman–Crippen LogP) is 3.61. The first-order valence-corrected chi connectivity index (χ1v) is 9.95. The molecule has 150 valence electrons. The maximum atomic E-state index is 11.8. The molecule has 0 saturated carbocycles. The van der Waals surface area contributed by atoms with Crippen LogP contribution in [-0.4, -0.2) is 52.5 Å². The van der Waals surface area contributed by atoms with Crippen molar-refractivity contribution in [2.24, 2.45) is 0 Å². The predicted molar refractivity (Wildman–Crippen MR) is 111 cm³/mol. The van der Waals surface area contributed by atoms with E-state index in [0.29, 0.717) is 5.82 Å². The third-order valence-corrected chi connectivity index (χ3v) is 5.14. The van der Waals surface area contributed by atoms with Gasteiger partial charge in [-0.25, -0.2) is 9.97 Å². The minimum atomic E-state index is -0.389. The van der Waals surface area contributed by atoms with Gasteiger partial charge < -0.3 is 15.1 Å². The molecule has 1 aliphatic rings. The Morgan fingerprint density at radius 2 is 1.82 bits per heavy atom. The maximum absolute atomic E-state index is 11.8. The first-order valence-electron chi connectivity index (χ1n) is 9.95. The molecule has 2 aromatic rings. The highest BCUT2D eigenvalue weighted by Crippen LogP contribution is 2.34. The van der Waals surface area contributed by atoms with Gasteiger partial charge in [-0.05, 0) is 37.1 Å². The summed E-state index contributed by atoms with van der Waals surface area (Å²) in [6.45, 7) is 8.47. The molecular weight excluding hydrogens is 356 g/mol. The van der Waals surface area contributed by atoms with Crippen molar-refractivity contribution < 1.29 is 4.92 Å². The Kier molecular flexibility index (Phi) is 6.76. The van der Waals surface area contributed by atoms with Crippen LogP contribution in [0.15, 0.2) is 30.6 Å². The first kappa shape index (κ1) is 20.0. The van der Waals surface area contributed by atoms with Gasteiger partial charge in [0.1, 0.15) is 6.33 Å². The molecule has 3 rings (SSSR count). The number of piperazine rings is 1. The van der Waals surface area contributed by atoms with E-state index in [1.54, 1.807) is 0 Å². The van der Waals surface area contributed by atoms with Crippen molar-refractivity contribution in [3.63, 3.8) is 0 Å². The number of nitro groups is 1. The minimum absolute atomic E-state index is 0.0671. The molecule has 0 bridgehead atoms. The smallest absolute Gasteiger partial charge is 0.348 e. The van der Waals surface area contributed by atoms with Crippen molar-refractivity contribution in [1.82, 2.24) is 14.9 Å². The fraction of sp³-hybridized carbons (Fsp3) is 0.500. The molecule has 0 atom stereocenters. The van der Waals surface area contributed by atoms with E-state index in [4.69, 9.17) is 0 Å². The van der Waals surface area contributed by atoms with Gasteiger partial charge in [-0.3, -0.25) is 10.1 Å². The molecule has 1 aliphatic heterocycles. The molecule has 1 saturated heterocycles. The van der Waals surface area contributed by atoms with Crippen LogP contribution in [0.5, 0.6) is 0 Å². The average molecular weight is 384 g/mol. The summed E-state index contributed by atoms with van der Waals surface area (Å²) in [7, 11) is 0. The molecule has 8 heteroatoms. The SMILES string of the molecule is CCCCc1ccc(Nc2ncnc(N3CCN(CC)CC3)c2[N+](=O)[O-])cc1. The Labute approximate surface area is 165 Å². The largest absolute Gasteiger partial charge is 0.353 e. The maximum Gasteiger partial charge on any atom is 0.353 e. The highest BCUT2D eigenvalue weighted by atomic mass is 16.6. The molecule has 1 aromatic carbocycles. The quantitative estimate of drug-likeness (QED) is 0.549. The number of likely N-dealkylation sites (N-methyl/N-ethyl adjacent to an activating group) is 1. The van der Waals surface area contributed by atoms with Gasteiger partial charge in [0.2, 0.25) is 11.6 Å². The summed E-state index contributed by atoms with van der Waals surface area (Å²) < 4.78 is 0. The lowest BCUT2D eigenvalue weighted by molar-refractivity contribution is -0.383. The Morgan fingerprint density at radius 3 is 2.43 bits per heavy atom. The van der Waals surface area contributed by atoms with E-state index < -0.39 is 0 Å². The minimum Gasteiger partial charge on any atom is -0.348 e. The molecule has 1 aromatic heterocycles. The zero-order chi connectivity index (χ0) is 19.9. The highest BCUT2D eigenvalue weighted by molar-refractivity contribution is 5.74. The van der Waals surface area contributed by atoms with Crippen LogP contribution in [0.4, 0.5) is 23.0 Å². The normalized spacial score (nSPS) is 14.9. The van der Waals surface area contributed by atoms with E-state index in [-0.39, 0.29) is 16.4 Å². The van der Waals surface area contributed by atoms with Crippen molar-refractivity contribution in [3.8, 4) is 0 Å². The van der Waals surface area contributed by atoms with Crippen molar-refractivity contribution in [2.45, 2.75) is 33.1 Å². The van der Waals surface area contributed by atoms with Crippen LogP contribution in [0.25, 0.3) is 0 Å². The van der Waals surface area contributed by atoms with Crippen LogP contribution in [0.1, 0.15) is 32.3 Å². The van der Waals surface area contributed by atoms with Crippen molar-refractivity contribution in [3.05, 3.63) is 46.3 Å². The van der Waals surface area contributed by atoms with E-state index in [0.717, 1.165) is 57.7 Å². The Hall–Kier alpha value is -2.74. The van der Waals surface area contributed by atoms with Gasteiger partial charge in [-0.2, -0.15) is 0 Å². The zero-order valence-corrected chi connectivity index (χ0v) is 16.6. The van der Waals surface area contributed by atoms with Gasteiger partial charge in [-0.1, -0.05) is 32.4 Å². The molecule has 0 unspecified atom stereocenters. The highest BCUT2D eigenvalue weighted by Gasteiger charge is 2.29. The number of hydrogen-bond acceptors (Lipinski definition) is 7. The standard InChI is InChI=1S/C20H28N6O2/c1-3-5-6-16-7-9-17(10-8-16)23-19-18(26(27)28)20(22-15-21-19)25-13-11-24(4-2)12-14-25/h7-10,15H,3-6,11-14H2,1-2H3,(H,21,22,23). The summed E-state index contributed by atoms with van der Waals surface area (Å²) in [5, 5.41) is 14.9. The molecule has 1 N–H and O–H groups in total. The van der Waals surface area contributed by atoms with Crippen molar-refractivity contribution >= 4 is 23.0 Å². The van der Waals surface area contributed by atoms with Crippen LogP contribution in [0.3, 0.4) is 0 Å². The van der Waals surface area contributed by atoms with Gasteiger partial charge in [0.15, 0.2) is 0 Å². The molecule has 8 nitrogen and oxygen atoms in total. The number of anilines is 3. The van der Waals surface area contributed by atoms with Gasteiger partial charge >= 0.3 is 5.69 Å². The lowest BCUT2D eigenvalue weighted by Gasteiger charge is -2.34. The molecule has 0 aliphatic carbocycles. The third kappa shape index (κ3) is 4.75. The number of nitrogens with zero attached hydrogens (tertiary/aromatic N) is 5. The molecule has 1 fully saturated rings. The topological polar surface area (TPSA) is 87.4 Å². The number of aryl methyl sites for hydroxylation is 1. The molecule has 0 amide bonds. The number of aromatic nitrogens is 2. The second-order valence-electron chi connectivity index (χ2n) is 7.00. The number of unbranched alkanes of at least 4 members (excludes halogenated alkanes) is 1. The van der Waals surface area contributed by atoms with E-state index >= 15 is 0 Å². The summed E-state index contributed by atoms with van der Waals surface area (Å²) in [6.07, 6.45) is 4.74. The average Bonchev–Trinajstić information content (AvgIpc) is 2.73. The van der Waals surface area contributed by atoms with Gasteiger partial charge in [-0.15, -0.1) is 0 Å². The van der Waals surface area contributed by atoms with Crippen LogP contribution in [-0.2, 0) is 6.42 Å². The summed E-state index contributed by atoms with van der Waals surface area (Å²) >= 11 is 0. The monoisotopic (exact) mass is 384 g/mol. The Morgan fingerprint density at radius 1 is 1.11 bits per heavy atom. The van der Waals surface area contributed by atoms with E-state index in [1.807, 2.05) is 17.0 Å². The number of rotatable bonds is 8. The fourth-order valence-electron chi connectivity index (χ4n) is 3.41. The van der Waals surface area contributed by atoms with E-state index in [1.165, 1.54) is 11.9 Å². The summed E-state index contributed by atoms with van der Waals surface area (Å²) in [4.78, 5) is 24.1. The number of nitrogens with one attached hydrogen (secondary N) is 1. The molecule has 0 spiro atoms. The van der Waals surface area contributed by atoms with Crippen molar-refractivity contribution in [2.75, 3.05) is 42.9 Å². The van der Waals surface area contributed by atoms with Gasteiger partial charge in [0.05, 0.1) is 4.92 Å². The fourth-order valence-corrected chi connectivity index (χ4v) is 3.41. The van der Waals surface area contributed by atoms with Crippen molar-refractivity contribution in [1.29, 1.82) is 0 Å². The molecule has 28 heavy (non-hydrogen) atoms. The lowest BCUT2D eigenvalue weighted by atomic mass is 10.1.